The summed E-state index contributed by atoms with van der Waals surface area (Å²) in [6, 6.07) is 13.7. The number of rotatable bonds is 8. The van der Waals surface area contributed by atoms with Gasteiger partial charge in [0.15, 0.2) is 6.61 Å². The highest BCUT2D eigenvalue weighted by molar-refractivity contribution is 9.10. The highest BCUT2D eigenvalue weighted by Crippen LogP contribution is 2.20. The third-order valence-electron chi connectivity index (χ3n) is 2.90. The van der Waals surface area contributed by atoms with Gasteiger partial charge in [-0.3, -0.25) is 14.9 Å². The maximum absolute atomic E-state index is 11.7. The molecule has 0 unspecified atom stereocenters. The van der Waals surface area contributed by atoms with Crippen LogP contribution in [0.3, 0.4) is 0 Å². The monoisotopic (exact) mass is 410 g/mol. The third-order valence-corrected chi connectivity index (χ3v) is 4.45. The maximum atomic E-state index is 11.7. The summed E-state index contributed by atoms with van der Waals surface area (Å²) in [6.07, 6.45) is 0. The molecule has 0 aliphatic carbocycles. The minimum atomic E-state index is -0.508. The van der Waals surface area contributed by atoms with Gasteiger partial charge in [-0.1, -0.05) is 22.0 Å². The first kappa shape index (κ1) is 18.3. The quantitative estimate of drug-likeness (QED) is 0.311. The molecule has 0 atom stereocenters. The zero-order valence-corrected chi connectivity index (χ0v) is 15.0. The molecule has 1 amide bonds. The Morgan fingerprint density at radius 1 is 1.25 bits per heavy atom. The summed E-state index contributed by atoms with van der Waals surface area (Å²) in [7, 11) is 0. The fourth-order valence-corrected chi connectivity index (χ4v) is 2.81. The van der Waals surface area contributed by atoms with Gasteiger partial charge in [0.05, 0.1) is 11.0 Å². The summed E-state index contributed by atoms with van der Waals surface area (Å²) in [5.74, 6) is 0.769. The Kier molecular flexibility index (Phi) is 7.07. The summed E-state index contributed by atoms with van der Waals surface area (Å²) in [4.78, 5) is 23.0. The van der Waals surface area contributed by atoms with Crippen molar-refractivity contribution in [2.24, 2.45) is 0 Å². The highest BCUT2D eigenvalue weighted by Gasteiger charge is 2.08. The molecule has 0 saturated carbocycles. The number of benzene rings is 2. The number of hydrogen-bond acceptors (Lipinski definition) is 5. The number of carbonyl (C=O) groups excluding carboxylic acids is 1. The molecule has 2 rings (SSSR count). The zero-order valence-electron chi connectivity index (χ0n) is 12.6. The Morgan fingerprint density at radius 3 is 2.71 bits per heavy atom. The van der Waals surface area contributed by atoms with Crippen molar-refractivity contribution in [3.8, 4) is 5.75 Å². The Bertz CT molecular complexity index is 709. The minimum absolute atomic E-state index is 0.0706. The number of nitro groups is 1. The van der Waals surface area contributed by atoms with Crippen LogP contribution in [0.2, 0.25) is 0 Å². The van der Waals surface area contributed by atoms with Crippen LogP contribution in [-0.2, 0) is 4.79 Å². The van der Waals surface area contributed by atoms with Crippen LogP contribution in [0.5, 0.6) is 5.75 Å². The second-order valence-electron chi connectivity index (χ2n) is 4.70. The number of amides is 1. The van der Waals surface area contributed by atoms with E-state index >= 15 is 0 Å². The van der Waals surface area contributed by atoms with Crippen molar-refractivity contribution < 1.29 is 14.5 Å². The lowest BCUT2D eigenvalue weighted by molar-refractivity contribution is -0.384. The van der Waals surface area contributed by atoms with Gasteiger partial charge in [-0.05, 0) is 30.3 Å². The van der Waals surface area contributed by atoms with E-state index in [9.17, 15) is 14.9 Å². The van der Waals surface area contributed by atoms with Crippen LogP contribution in [0.25, 0.3) is 0 Å². The van der Waals surface area contributed by atoms with Crippen molar-refractivity contribution in [3.05, 3.63) is 63.1 Å². The summed E-state index contributed by atoms with van der Waals surface area (Å²) in [6.45, 7) is 0.335. The van der Waals surface area contributed by atoms with Gasteiger partial charge >= 0.3 is 0 Å². The van der Waals surface area contributed by atoms with Crippen molar-refractivity contribution in [2.45, 2.75) is 4.90 Å². The second kappa shape index (κ2) is 9.29. The van der Waals surface area contributed by atoms with Gasteiger partial charge in [-0.25, -0.2) is 0 Å². The Balaban J connectivity index is 1.67. The summed E-state index contributed by atoms with van der Waals surface area (Å²) in [5.41, 5.74) is -0.0706. The molecular formula is C16H15BrN2O4S. The van der Waals surface area contributed by atoms with Crippen molar-refractivity contribution in [1.82, 2.24) is 5.32 Å². The lowest BCUT2D eigenvalue weighted by Gasteiger charge is -2.07. The predicted octanol–water partition coefficient (Wildman–Crippen LogP) is 3.64. The minimum Gasteiger partial charge on any atom is -0.484 e. The van der Waals surface area contributed by atoms with E-state index in [0.29, 0.717) is 12.3 Å². The summed E-state index contributed by atoms with van der Waals surface area (Å²) < 4.78 is 6.28. The van der Waals surface area contributed by atoms with Crippen molar-refractivity contribution in [3.63, 3.8) is 0 Å². The van der Waals surface area contributed by atoms with Crippen LogP contribution < -0.4 is 10.1 Å². The summed E-state index contributed by atoms with van der Waals surface area (Å²) >= 11 is 5.02. The number of ether oxygens (including phenoxy) is 1. The highest BCUT2D eigenvalue weighted by atomic mass is 79.9. The molecule has 0 aromatic heterocycles. The molecule has 2 aromatic carbocycles. The molecule has 24 heavy (non-hydrogen) atoms. The van der Waals surface area contributed by atoms with E-state index in [2.05, 4.69) is 21.2 Å². The largest absolute Gasteiger partial charge is 0.484 e. The predicted molar refractivity (Wildman–Crippen MR) is 96.5 cm³/mol. The number of thioether (sulfide) groups is 1. The molecule has 0 heterocycles. The molecule has 0 spiro atoms. The number of hydrogen-bond donors (Lipinski definition) is 1. The molecule has 2 aromatic rings. The van der Waals surface area contributed by atoms with Gasteiger partial charge in [0, 0.05) is 27.7 Å². The van der Waals surface area contributed by atoms with E-state index < -0.39 is 4.92 Å². The molecule has 6 nitrogen and oxygen atoms in total. The maximum Gasteiger partial charge on any atom is 0.273 e. The molecule has 0 radical (unpaired) electrons. The number of nitrogens with one attached hydrogen (secondary N) is 1. The third kappa shape index (κ3) is 6.21. The molecule has 8 heteroatoms. The van der Waals surface area contributed by atoms with Gasteiger partial charge in [0.25, 0.3) is 11.6 Å². The fraction of sp³-hybridized carbons (Fsp3) is 0.188. The molecular weight excluding hydrogens is 396 g/mol. The van der Waals surface area contributed by atoms with E-state index in [4.69, 9.17) is 4.74 Å². The van der Waals surface area contributed by atoms with Gasteiger partial charge in [0.1, 0.15) is 5.75 Å². The normalized spacial score (nSPS) is 10.2. The van der Waals surface area contributed by atoms with E-state index in [0.717, 1.165) is 15.1 Å². The molecule has 0 fully saturated rings. The number of nitro benzene ring substituents is 1. The van der Waals surface area contributed by atoms with Crippen LogP contribution in [0.15, 0.2) is 57.9 Å². The van der Waals surface area contributed by atoms with Crippen LogP contribution >= 0.6 is 27.7 Å². The van der Waals surface area contributed by atoms with E-state index in [1.54, 1.807) is 17.8 Å². The van der Waals surface area contributed by atoms with Gasteiger partial charge in [-0.2, -0.15) is 0 Å². The Morgan fingerprint density at radius 2 is 2.00 bits per heavy atom. The summed E-state index contributed by atoms with van der Waals surface area (Å²) in [5, 5.41) is 13.4. The molecule has 0 saturated heterocycles. The van der Waals surface area contributed by atoms with Crippen LogP contribution in [0.1, 0.15) is 0 Å². The average Bonchev–Trinajstić information content (AvgIpc) is 2.58. The van der Waals surface area contributed by atoms with Gasteiger partial charge in [-0.15, -0.1) is 11.8 Å². The lowest BCUT2D eigenvalue weighted by atomic mass is 10.3. The number of non-ortho nitro benzene ring substituents is 1. The number of carbonyl (C=O) groups is 1. The first-order valence-electron chi connectivity index (χ1n) is 7.07. The first-order chi connectivity index (χ1) is 11.5. The molecule has 0 bridgehead atoms. The number of nitrogens with zero attached hydrogens (tertiary/aromatic N) is 1. The van der Waals surface area contributed by atoms with Gasteiger partial charge in [0.2, 0.25) is 0 Å². The fourth-order valence-electron chi connectivity index (χ4n) is 1.78. The SMILES string of the molecule is O=C(COc1cccc([N+](=O)[O-])c1)NCCSc1ccc(Br)cc1. The molecule has 0 aliphatic heterocycles. The van der Waals surface area contributed by atoms with E-state index in [1.165, 1.54) is 18.2 Å². The van der Waals surface area contributed by atoms with Crippen molar-refractivity contribution in [1.29, 1.82) is 0 Å². The molecule has 126 valence electrons. The Labute approximate surface area is 151 Å². The van der Waals surface area contributed by atoms with E-state index in [1.807, 2.05) is 24.3 Å². The Hall–Kier alpha value is -2.06. The van der Waals surface area contributed by atoms with Crippen LogP contribution in [-0.4, -0.2) is 29.7 Å². The number of halogens is 1. The lowest BCUT2D eigenvalue weighted by Crippen LogP contribution is -2.30. The van der Waals surface area contributed by atoms with E-state index in [-0.39, 0.29) is 18.2 Å². The smallest absolute Gasteiger partial charge is 0.273 e. The average molecular weight is 411 g/mol. The molecule has 0 aliphatic rings. The first-order valence-corrected chi connectivity index (χ1v) is 8.85. The van der Waals surface area contributed by atoms with Gasteiger partial charge < -0.3 is 10.1 Å². The topological polar surface area (TPSA) is 81.5 Å². The standard InChI is InChI=1S/C16H15BrN2O4S/c17-12-4-6-15(7-5-12)24-9-8-18-16(20)11-23-14-3-1-2-13(10-14)19(21)22/h1-7,10H,8-9,11H2,(H,18,20). The second-order valence-corrected chi connectivity index (χ2v) is 6.78. The zero-order chi connectivity index (χ0) is 17.4. The van der Waals surface area contributed by atoms with Crippen molar-refractivity contribution in [2.75, 3.05) is 18.9 Å². The molecule has 1 N–H and O–H groups in total. The van der Waals surface area contributed by atoms with Crippen LogP contribution in [0.4, 0.5) is 5.69 Å². The van der Waals surface area contributed by atoms with Crippen LogP contribution in [0, 0.1) is 10.1 Å². The van der Waals surface area contributed by atoms with Crippen molar-refractivity contribution >= 4 is 39.3 Å².